The van der Waals surface area contributed by atoms with Gasteiger partial charge in [0.25, 0.3) is 0 Å². The predicted octanol–water partition coefficient (Wildman–Crippen LogP) is 1.41. The van der Waals surface area contributed by atoms with E-state index in [9.17, 15) is 5.11 Å². The summed E-state index contributed by atoms with van der Waals surface area (Å²) in [4.78, 5) is 0. The lowest BCUT2D eigenvalue weighted by Crippen LogP contribution is -2.42. The van der Waals surface area contributed by atoms with Crippen LogP contribution in [0.25, 0.3) is 0 Å². The summed E-state index contributed by atoms with van der Waals surface area (Å²) in [6.45, 7) is 10.5. The highest BCUT2D eigenvalue weighted by atomic mass is 16.5. The Hall–Kier alpha value is -1.73. The van der Waals surface area contributed by atoms with Gasteiger partial charge in [0.05, 0.1) is 0 Å². The molecule has 0 bridgehead atoms. The van der Waals surface area contributed by atoms with Crippen LogP contribution in [0, 0.1) is 0 Å². The molecule has 0 aliphatic rings. The molecule has 0 saturated heterocycles. The Balaban J connectivity index is 2.37. The molecule has 0 fully saturated rings. The third-order valence-electron chi connectivity index (χ3n) is 2.33. The summed E-state index contributed by atoms with van der Waals surface area (Å²) in [5, 5.41) is 24.9. The van der Waals surface area contributed by atoms with Crippen LogP contribution in [-0.2, 0) is 0 Å². The molecule has 0 saturated carbocycles. The maximum absolute atomic E-state index is 9.81. The Labute approximate surface area is 125 Å². The van der Waals surface area contributed by atoms with Crippen LogP contribution in [0.15, 0.2) is 17.2 Å². The van der Waals surface area contributed by atoms with Crippen molar-refractivity contribution < 1.29 is 9.84 Å². The molecule has 0 aliphatic heterocycles. The fourth-order valence-electron chi connectivity index (χ4n) is 1.29. The highest BCUT2D eigenvalue weighted by Crippen LogP contribution is 2.08. The zero-order valence-corrected chi connectivity index (χ0v) is 13.3. The van der Waals surface area contributed by atoms with Gasteiger partial charge in [-0.2, -0.15) is 5.10 Å². The highest BCUT2D eigenvalue weighted by Gasteiger charge is 2.12. The summed E-state index contributed by atoms with van der Waals surface area (Å²) in [5.41, 5.74) is 3.63. The van der Waals surface area contributed by atoms with Crippen LogP contribution in [0.3, 0.4) is 0 Å². The summed E-state index contributed by atoms with van der Waals surface area (Å²) in [5.74, 6) is 0.908. The largest absolute Gasteiger partial charge is 0.474 e. The van der Waals surface area contributed by atoms with E-state index in [2.05, 4.69) is 26.0 Å². The fraction of sp³-hybridized carbons (Fsp3) is 0.643. The molecule has 0 aromatic carbocycles. The zero-order valence-electron chi connectivity index (χ0n) is 13.3. The Kier molecular flexibility index (Phi) is 6.51. The molecule has 1 aromatic rings. The molecule has 1 rings (SSSR count). The smallest absolute Gasteiger partial charge is 0.233 e. The number of hydrogen-bond acceptors (Lipinski definition) is 7. The second-order valence-corrected chi connectivity index (χ2v) is 6.02. The summed E-state index contributed by atoms with van der Waals surface area (Å²) in [6.07, 6.45) is -0.601. The van der Waals surface area contributed by atoms with Crippen LogP contribution in [-0.4, -0.2) is 45.8 Å². The molecule has 0 aliphatic carbocycles. The van der Waals surface area contributed by atoms with Gasteiger partial charge in [-0.05, 0) is 40.7 Å². The number of nitrogens with one attached hydrogen (secondary N) is 2. The summed E-state index contributed by atoms with van der Waals surface area (Å²) in [6, 6.07) is 3.40. The van der Waals surface area contributed by atoms with Crippen molar-refractivity contribution in [2.75, 3.05) is 18.6 Å². The Morgan fingerprint density at radius 1 is 1.33 bits per heavy atom. The summed E-state index contributed by atoms with van der Waals surface area (Å²) >= 11 is 0. The van der Waals surface area contributed by atoms with Crippen molar-refractivity contribution in [1.82, 2.24) is 15.5 Å². The van der Waals surface area contributed by atoms with Crippen molar-refractivity contribution in [3.8, 4) is 5.88 Å². The van der Waals surface area contributed by atoms with Gasteiger partial charge in [-0.25, -0.2) is 0 Å². The first-order valence-corrected chi connectivity index (χ1v) is 6.93. The number of nitrogens with zero attached hydrogens (tertiary/aromatic N) is 3. The predicted molar refractivity (Wildman–Crippen MR) is 83.7 cm³/mol. The van der Waals surface area contributed by atoms with Crippen molar-refractivity contribution in [2.24, 2.45) is 5.10 Å². The van der Waals surface area contributed by atoms with Crippen molar-refractivity contribution in [2.45, 2.75) is 46.3 Å². The lowest BCUT2D eigenvalue weighted by Gasteiger charge is -2.22. The van der Waals surface area contributed by atoms with E-state index in [1.165, 1.54) is 0 Å². The molecule has 7 nitrogen and oxygen atoms in total. The van der Waals surface area contributed by atoms with Crippen LogP contribution in [0.4, 0.5) is 5.82 Å². The summed E-state index contributed by atoms with van der Waals surface area (Å²) < 4.78 is 5.39. The van der Waals surface area contributed by atoms with Gasteiger partial charge in [0.1, 0.15) is 12.7 Å². The maximum atomic E-state index is 9.81. The van der Waals surface area contributed by atoms with E-state index in [-0.39, 0.29) is 12.1 Å². The van der Waals surface area contributed by atoms with Crippen LogP contribution < -0.4 is 15.5 Å². The number of hydrazone groups is 1. The van der Waals surface area contributed by atoms with Crippen LogP contribution in [0.1, 0.15) is 34.6 Å². The molecule has 0 spiro atoms. The number of ether oxygens (including phenoxy) is 1. The van der Waals surface area contributed by atoms with E-state index in [1.54, 1.807) is 12.1 Å². The first-order chi connectivity index (χ1) is 9.76. The van der Waals surface area contributed by atoms with Crippen molar-refractivity contribution in [1.29, 1.82) is 0 Å². The van der Waals surface area contributed by atoms with Crippen molar-refractivity contribution in [3.05, 3.63) is 12.1 Å². The standard InChI is InChI=1S/C14H25N5O2/c1-10(2)16-17-12-6-7-13(19-18-12)21-9-11(20)8-15-14(3,4)5/h6-7,11,15,20H,8-9H2,1-5H3,(H,17,18). The van der Waals surface area contributed by atoms with Gasteiger partial charge < -0.3 is 15.2 Å². The van der Waals surface area contributed by atoms with Gasteiger partial charge in [-0.3, -0.25) is 5.43 Å². The first-order valence-electron chi connectivity index (χ1n) is 6.93. The molecule has 7 heteroatoms. The van der Waals surface area contributed by atoms with E-state index in [1.807, 2.05) is 34.6 Å². The molecule has 118 valence electrons. The van der Waals surface area contributed by atoms with E-state index in [0.29, 0.717) is 18.2 Å². The molecule has 21 heavy (non-hydrogen) atoms. The highest BCUT2D eigenvalue weighted by molar-refractivity contribution is 5.79. The van der Waals surface area contributed by atoms with E-state index in [4.69, 9.17) is 4.74 Å². The van der Waals surface area contributed by atoms with Crippen LogP contribution in [0.5, 0.6) is 5.88 Å². The minimum absolute atomic E-state index is 0.0357. The van der Waals surface area contributed by atoms with Crippen molar-refractivity contribution in [3.63, 3.8) is 0 Å². The van der Waals surface area contributed by atoms with Gasteiger partial charge in [0.2, 0.25) is 5.88 Å². The molecule has 1 heterocycles. The quantitative estimate of drug-likeness (QED) is 0.520. The number of aliphatic hydroxyl groups excluding tert-OH is 1. The fourth-order valence-corrected chi connectivity index (χ4v) is 1.29. The molecular weight excluding hydrogens is 270 g/mol. The molecule has 1 aromatic heterocycles. The SMILES string of the molecule is CC(C)=NNc1ccc(OCC(O)CNC(C)(C)C)nn1. The second-order valence-electron chi connectivity index (χ2n) is 6.02. The molecule has 1 atom stereocenters. The number of anilines is 1. The van der Waals surface area contributed by atoms with E-state index in [0.717, 1.165) is 5.71 Å². The third-order valence-corrected chi connectivity index (χ3v) is 2.33. The molecule has 0 radical (unpaired) electrons. The van der Waals surface area contributed by atoms with Crippen LogP contribution >= 0.6 is 0 Å². The van der Waals surface area contributed by atoms with E-state index < -0.39 is 6.10 Å². The minimum atomic E-state index is -0.601. The Morgan fingerprint density at radius 2 is 2.05 bits per heavy atom. The Morgan fingerprint density at radius 3 is 2.57 bits per heavy atom. The van der Waals surface area contributed by atoms with Gasteiger partial charge in [-0.15, -0.1) is 10.2 Å². The van der Waals surface area contributed by atoms with Gasteiger partial charge in [-0.1, -0.05) is 0 Å². The molecule has 3 N–H and O–H groups in total. The van der Waals surface area contributed by atoms with Crippen LogP contribution in [0.2, 0.25) is 0 Å². The summed E-state index contributed by atoms with van der Waals surface area (Å²) in [7, 11) is 0. The lowest BCUT2D eigenvalue weighted by atomic mass is 10.1. The third kappa shape index (κ3) is 8.21. The van der Waals surface area contributed by atoms with Gasteiger partial charge in [0, 0.05) is 23.9 Å². The minimum Gasteiger partial charge on any atom is -0.474 e. The first kappa shape index (κ1) is 17.3. The number of hydrogen-bond donors (Lipinski definition) is 3. The monoisotopic (exact) mass is 295 g/mol. The number of aliphatic hydroxyl groups is 1. The maximum Gasteiger partial charge on any atom is 0.233 e. The van der Waals surface area contributed by atoms with E-state index >= 15 is 0 Å². The van der Waals surface area contributed by atoms with Crippen molar-refractivity contribution >= 4 is 11.5 Å². The average molecular weight is 295 g/mol. The van der Waals surface area contributed by atoms with Gasteiger partial charge >= 0.3 is 0 Å². The number of aromatic nitrogens is 2. The second kappa shape index (κ2) is 7.90. The molecule has 0 amide bonds. The topological polar surface area (TPSA) is 91.7 Å². The molecular formula is C14H25N5O2. The normalized spacial score (nSPS) is 12.7. The average Bonchev–Trinajstić information content (AvgIpc) is 2.41. The number of β-amino-alcohol motifs (C(OH)–C–C–N with tert-alkyl or cyclic N) is 1. The zero-order chi connectivity index (χ0) is 15.9. The van der Waals surface area contributed by atoms with Gasteiger partial charge in [0.15, 0.2) is 5.82 Å². The molecule has 1 unspecified atom stereocenters. The number of rotatable bonds is 7. The Bertz CT molecular complexity index is 449. The lowest BCUT2D eigenvalue weighted by molar-refractivity contribution is 0.0972.